The third kappa shape index (κ3) is 4.24. The van der Waals surface area contributed by atoms with Gasteiger partial charge in [-0.05, 0) is 56.9 Å². The zero-order chi connectivity index (χ0) is 13.7. The van der Waals surface area contributed by atoms with Crippen molar-refractivity contribution in [2.24, 2.45) is 5.73 Å². The highest BCUT2D eigenvalue weighted by Gasteiger charge is 2.14. The Morgan fingerprint density at radius 1 is 1.26 bits per heavy atom. The number of anilines is 1. The van der Waals surface area contributed by atoms with Crippen LogP contribution in [0, 0.1) is 0 Å². The van der Waals surface area contributed by atoms with Crippen LogP contribution >= 0.6 is 0 Å². The Labute approximate surface area is 114 Å². The number of carbonyl (C=O) groups excluding carboxylic acids is 1. The summed E-state index contributed by atoms with van der Waals surface area (Å²) in [4.78, 5) is 11.4. The van der Waals surface area contributed by atoms with E-state index in [0.717, 1.165) is 24.3 Å². The van der Waals surface area contributed by atoms with Crippen molar-refractivity contribution in [1.29, 1.82) is 0 Å². The molecule has 4 nitrogen and oxygen atoms in total. The van der Waals surface area contributed by atoms with Crippen LogP contribution in [0.25, 0.3) is 0 Å². The van der Waals surface area contributed by atoms with Crippen LogP contribution in [0.15, 0.2) is 24.3 Å². The molecule has 0 unspecified atom stereocenters. The maximum absolute atomic E-state index is 11.4. The molecule has 19 heavy (non-hydrogen) atoms. The molecule has 1 aliphatic rings. The standard InChI is InChI=1S/C15H22N2O2/c1-11(16)15(18)17-12-7-9-14(10-8-12)19-13-5-3-2-4-6-13/h7-11,13H,2-6,16H2,1H3,(H,17,18)/t11-/m1/s1. The van der Waals surface area contributed by atoms with Crippen molar-refractivity contribution >= 4 is 11.6 Å². The summed E-state index contributed by atoms with van der Waals surface area (Å²) in [6.45, 7) is 1.66. The monoisotopic (exact) mass is 262 g/mol. The third-order valence-corrected chi connectivity index (χ3v) is 3.39. The van der Waals surface area contributed by atoms with Gasteiger partial charge in [0.2, 0.25) is 5.91 Å². The van der Waals surface area contributed by atoms with E-state index in [4.69, 9.17) is 10.5 Å². The van der Waals surface area contributed by atoms with Crippen LogP contribution in [-0.4, -0.2) is 18.1 Å². The number of hydrogen-bond acceptors (Lipinski definition) is 3. The maximum Gasteiger partial charge on any atom is 0.240 e. The van der Waals surface area contributed by atoms with Crippen LogP contribution in [0.4, 0.5) is 5.69 Å². The van der Waals surface area contributed by atoms with Crippen molar-refractivity contribution in [3.63, 3.8) is 0 Å². The summed E-state index contributed by atoms with van der Waals surface area (Å²) in [5.74, 6) is 0.687. The lowest BCUT2D eigenvalue weighted by atomic mass is 9.98. The van der Waals surface area contributed by atoms with Crippen molar-refractivity contribution in [2.75, 3.05) is 5.32 Å². The molecule has 1 saturated carbocycles. The Morgan fingerprint density at radius 3 is 2.47 bits per heavy atom. The minimum atomic E-state index is -0.502. The second-order valence-corrected chi connectivity index (χ2v) is 5.18. The Kier molecular flexibility index (Phi) is 4.80. The topological polar surface area (TPSA) is 64.4 Å². The number of nitrogens with two attached hydrogens (primary N) is 1. The van der Waals surface area contributed by atoms with Gasteiger partial charge in [0.1, 0.15) is 5.75 Å². The van der Waals surface area contributed by atoms with Gasteiger partial charge in [0.25, 0.3) is 0 Å². The second kappa shape index (κ2) is 6.57. The molecule has 0 spiro atoms. The fraction of sp³-hybridized carbons (Fsp3) is 0.533. The van der Waals surface area contributed by atoms with E-state index >= 15 is 0 Å². The number of carbonyl (C=O) groups is 1. The van der Waals surface area contributed by atoms with Crippen LogP contribution in [-0.2, 0) is 4.79 Å². The minimum absolute atomic E-state index is 0.180. The van der Waals surface area contributed by atoms with Crippen LogP contribution in [0.2, 0.25) is 0 Å². The van der Waals surface area contributed by atoms with Gasteiger partial charge in [0.15, 0.2) is 0 Å². The molecule has 2 rings (SSSR count). The van der Waals surface area contributed by atoms with E-state index < -0.39 is 6.04 Å². The van der Waals surface area contributed by atoms with Crippen LogP contribution < -0.4 is 15.8 Å². The average molecular weight is 262 g/mol. The highest BCUT2D eigenvalue weighted by Crippen LogP contribution is 2.24. The molecule has 0 radical (unpaired) electrons. The number of amides is 1. The summed E-state index contributed by atoms with van der Waals surface area (Å²) in [5.41, 5.74) is 6.25. The van der Waals surface area contributed by atoms with Gasteiger partial charge in [0, 0.05) is 5.69 Å². The Bertz CT molecular complexity index is 409. The van der Waals surface area contributed by atoms with Crippen LogP contribution in [0.1, 0.15) is 39.0 Å². The summed E-state index contributed by atoms with van der Waals surface area (Å²) < 4.78 is 5.93. The van der Waals surface area contributed by atoms with E-state index in [2.05, 4.69) is 5.32 Å². The van der Waals surface area contributed by atoms with Crippen molar-refractivity contribution in [3.8, 4) is 5.75 Å². The fourth-order valence-electron chi connectivity index (χ4n) is 2.25. The first-order valence-electron chi connectivity index (χ1n) is 6.98. The Balaban J connectivity index is 1.88. The second-order valence-electron chi connectivity index (χ2n) is 5.18. The summed E-state index contributed by atoms with van der Waals surface area (Å²) >= 11 is 0. The van der Waals surface area contributed by atoms with Gasteiger partial charge in [-0.3, -0.25) is 4.79 Å². The molecule has 3 N–H and O–H groups in total. The molecule has 104 valence electrons. The van der Waals surface area contributed by atoms with Gasteiger partial charge < -0.3 is 15.8 Å². The molecular formula is C15H22N2O2. The molecule has 1 atom stereocenters. The van der Waals surface area contributed by atoms with Gasteiger partial charge in [-0.25, -0.2) is 0 Å². The van der Waals surface area contributed by atoms with E-state index in [0.29, 0.717) is 6.10 Å². The molecule has 0 aromatic heterocycles. The van der Waals surface area contributed by atoms with Gasteiger partial charge in [-0.2, -0.15) is 0 Å². The zero-order valence-electron chi connectivity index (χ0n) is 11.4. The van der Waals surface area contributed by atoms with E-state index in [1.54, 1.807) is 6.92 Å². The normalized spacial score (nSPS) is 17.8. The van der Waals surface area contributed by atoms with Gasteiger partial charge >= 0.3 is 0 Å². The first-order valence-corrected chi connectivity index (χ1v) is 6.98. The fourth-order valence-corrected chi connectivity index (χ4v) is 2.25. The van der Waals surface area contributed by atoms with Crippen molar-refractivity contribution < 1.29 is 9.53 Å². The average Bonchev–Trinajstić information content (AvgIpc) is 2.42. The first-order chi connectivity index (χ1) is 9.15. The predicted molar refractivity (Wildman–Crippen MR) is 76.2 cm³/mol. The summed E-state index contributed by atoms with van der Waals surface area (Å²) in [6, 6.07) is 6.98. The zero-order valence-corrected chi connectivity index (χ0v) is 11.4. The van der Waals surface area contributed by atoms with Crippen molar-refractivity contribution in [2.45, 2.75) is 51.2 Å². The smallest absolute Gasteiger partial charge is 0.240 e. The lowest BCUT2D eigenvalue weighted by molar-refractivity contribution is -0.117. The Morgan fingerprint density at radius 2 is 1.89 bits per heavy atom. The number of hydrogen-bond donors (Lipinski definition) is 2. The van der Waals surface area contributed by atoms with E-state index in [9.17, 15) is 4.79 Å². The third-order valence-electron chi connectivity index (χ3n) is 3.39. The molecule has 0 aliphatic heterocycles. The lowest BCUT2D eigenvalue weighted by Gasteiger charge is -2.23. The lowest BCUT2D eigenvalue weighted by Crippen LogP contribution is -2.32. The number of ether oxygens (including phenoxy) is 1. The summed E-state index contributed by atoms with van der Waals surface area (Å²) in [7, 11) is 0. The molecule has 1 amide bonds. The van der Waals surface area contributed by atoms with Gasteiger partial charge in [-0.15, -0.1) is 0 Å². The molecule has 1 aromatic carbocycles. The van der Waals surface area contributed by atoms with Crippen LogP contribution in [0.3, 0.4) is 0 Å². The minimum Gasteiger partial charge on any atom is -0.490 e. The SMILES string of the molecule is C[C@@H](N)C(=O)Nc1ccc(OC2CCCCC2)cc1. The molecular weight excluding hydrogens is 240 g/mol. The van der Waals surface area contributed by atoms with E-state index in [1.165, 1.54) is 19.3 Å². The van der Waals surface area contributed by atoms with Crippen molar-refractivity contribution in [1.82, 2.24) is 0 Å². The predicted octanol–water partition coefficient (Wildman–Crippen LogP) is 2.68. The van der Waals surface area contributed by atoms with E-state index in [-0.39, 0.29) is 5.91 Å². The molecule has 0 heterocycles. The molecule has 0 saturated heterocycles. The molecule has 0 bridgehead atoms. The number of benzene rings is 1. The molecule has 1 aromatic rings. The quantitative estimate of drug-likeness (QED) is 0.876. The first kappa shape index (κ1) is 13.9. The van der Waals surface area contributed by atoms with Gasteiger partial charge in [0.05, 0.1) is 12.1 Å². The highest BCUT2D eigenvalue weighted by atomic mass is 16.5. The highest BCUT2D eigenvalue weighted by molar-refractivity contribution is 5.94. The molecule has 1 fully saturated rings. The summed E-state index contributed by atoms with van der Waals surface area (Å²) in [6.07, 6.45) is 6.47. The number of rotatable bonds is 4. The Hall–Kier alpha value is -1.55. The molecule has 1 aliphatic carbocycles. The van der Waals surface area contributed by atoms with Gasteiger partial charge in [-0.1, -0.05) is 6.42 Å². The van der Waals surface area contributed by atoms with Crippen molar-refractivity contribution in [3.05, 3.63) is 24.3 Å². The van der Waals surface area contributed by atoms with E-state index in [1.807, 2.05) is 24.3 Å². The summed E-state index contributed by atoms with van der Waals surface area (Å²) in [5, 5.41) is 2.75. The van der Waals surface area contributed by atoms with Crippen LogP contribution in [0.5, 0.6) is 5.75 Å². The maximum atomic E-state index is 11.4. The largest absolute Gasteiger partial charge is 0.490 e. The molecule has 4 heteroatoms. The number of nitrogens with one attached hydrogen (secondary N) is 1.